The second-order valence-corrected chi connectivity index (χ2v) is 7.87. The standard InChI is InChI=1S/C19H20N2O5S/c1-2-26-19(23)13-18(22)20-15-7-9-16(10-8-15)27(24,25)21-12-11-14-5-3-4-6-17(14)21/h3-10H,2,11-13H2,1H3,(H,20,22). The SMILES string of the molecule is CCOC(=O)CC(=O)Nc1ccc(S(=O)(=O)N2CCc3ccccc32)cc1. The van der Waals surface area contributed by atoms with E-state index in [-0.39, 0.29) is 11.5 Å². The van der Waals surface area contributed by atoms with E-state index in [9.17, 15) is 18.0 Å². The van der Waals surface area contributed by atoms with E-state index in [1.807, 2.05) is 18.2 Å². The number of anilines is 2. The fraction of sp³-hybridized carbons (Fsp3) is 0.263. The summed E-state index contributed by atoms with van der Waals surface area (Å²) in [7, 11) is -3.68. The van der Waals surface area contributed by atoms with Gasteiger partial charge in [-0.1, -0.05) is 18.2 Å². The molecular weight excluding hydrogens is 368 g/mol. The molecule has 0 fully saturated rings. The molecule has 0 saturated carbocycles. The fourth-order valence-corrected chi connectivity index (χ4v) is 4.45. The predicted octanol–water partition coefficient (Wildman–Crippen LogP) is 2.33. The minimum Gasteiger partial charge on any atom is -0.466 e. The van der Waals surface area contributed by atoms with Gasteiger partial charge in [0, 0.05) is 12.2 Å². The Morgan fingerprint density at radius 3 is 2.52 bits per heavy atom. The zero-order chi connectivity index (χ0) is 19.4. The van der Waals surface area contributed by atoms with Crippen LogP contribution in [0.4, 0.5) is 11.4 Å². The van der Waals surface area contributed by atoms with E-state index in [1.54, 1.807) is 13.0 Å². The van der Waals surface area contributed by atoms with Crippen molar-refractivity contribution in [2.75, 3.05) is 22.8 Å². The lowest BCUT2D eigenvalue weighted by atomic mass is 10.2. The first-order valence-corrected chi connectivity index (χ1v) is 10.0. The van der Waals surface area contributed by atoms with Crippen molar-refractivity contribution in [3.05, 3.63) is 54.1 Å². The predicted molar refractivity (Wildman–Crippen MR) is 101 cm³/mol. The fourth-order valence-electron chi connectivity index (χ4n) is 2.94. The van der Waals surface area contributed by atoms with Gasteiger partial charge in [0.2, 0.25) is 5.91 Å². The number of ether oxygens (including phenoxy) is 1. The van der Waals surface area contributed by atoms with Gasteiger partial charge in [0.25, 0.3) is 10.0 Å². The molecule has 1 heterocycles. The molecule has 1 N–H and O–H groups in total. The molecule has 1 amide bonds. The molecule has 0 aliphatic carbocycles. The molecule has 8 heteroatoms. The number of sulfonamides is 1. The number of para-hydroxylation sites is 1. The summed E-state index contributed by atoms with van der Waals surface area (Å²) in [6.45, 7) is 2.27. The zero-order valence-corrected chi connectivity index (χ0v) is 15.7. The Labute approximate surface area is 158 Å². The molecule has 27 heavy (non-hydrogen) atoms. The van der Waals surface area contributed by atoms with Crippen molar-refractivity contribution >= 4 is 33.3 Å². The van der Waals surface area contributed by atoms with Gasteiger partial charge >= 0.3 is 5.97 Å². The van der Waals surface area contributed by atoms with Crippen molar-refractivity contribution in [2.24, 2.45) is 0 Å². The Bertz CT molecular complexity index is 954. The molecule has 1 aliphatic heterocycles. The Morgan fingerprint density at radius 2 is 1.81 bits per heavy atom. The molecule has 0 radical (unpaired) electrons. The van der Waals surface area contributed by atoms with Crippen LogP contribution in [-0.2, 0) is 30.8 Å². The summed E-state index contributed by atoms with van der Waals surface area (Å²) >= 11 is 0. The van der Waals surface area contributed by atoms with Gasteiger partial charge in [-0.15, -0.1) is 0 Å². The van der Waals surface area contributed by atoms with E-state index in [0.29, 0.717) is 24.3 Å². The van der Waals surface area contributed by atoms with Gasteiger partial charge in [0.15, 0.2) is 0 Å². The number of esters is 1. The van der Waals surface area contributed by atoms with E-state index >= 15 is 0 Å². The smallest absolute Gasteiger partial charge is 0.315 e. The molecular formula is C19H20N2O5S. The molecule has 0 atom stereocenters. The third kappa shape index (κ3) is 4.11. The first-order valence-electron chi connectivity index (χ1n) is 8.58. The molecule has 7 nitrogen and oxygen atoms in total. The average molecular weight is 388 g/mol. The molecule has 0 aromatic heterocycles. The highest BCUT2D eigenvalue weighted by Crippen LogP contribution is 2.32. The number of amides is 1. The molecule has 1 aliphatic rings. The summed E-state index contributed by atoms with van der Waals surface area (Å²) in [5.41, 5.74) is 2.11. The average Bonchev–Trinajstić information content (AvgIpc) is 3.07. The molecule has 0 bridgehead atoms. The molecule has 142 valence electrons. The van der Waals surface area contributed by atoms with E-state index in [0.717, 1.165) is 5.56 Å². The number of carbonyl (C=O) groups is 2. The van der Waals surface area contributed by atoms with Gasteiger partial charge in [0.05, 0.1) is 17.2 Å². The van der Waals surface area contributed by atoms with Crippen molar-refractivity contribution in [1.82, 2.24) is 0 Å². The van der Waals surface area contributed by atoms with Crippen LogP contribution in [0.1, 0.15) is 18.9 Å². The number of rotatable bonds is 6. The van der Waals surface area contributed by atoms with Crippen LogP contribution in [0, 0.1) is 0 Å². The summed E-state index contributed by atoms with van der Waals surface area (Å²) in [6.07, 6.45) is 0.288. The minimum atomic E-state index is -3.68. The first kappa shape index (κ1) is 18.9. The lowest BCUT2D eigenvalue weighted by molar-refractivity contribution is -0.145. The van der Waals surface area contributed by atoms with Gasteiger partial charge in [-0.3, -0.25) is 13.9 Å². The number of benzene rings is 2. The van der Waals surface area contributed by atoms with Crippen molar-refractivity contribution < 1.29 is 22.7 Å². The van der Waals surface area contributed by atoms with E-state index in [1.165, 1.54) is 28.6 Å². The minimum absolute atomic E-state index is 0.141. The summed E-state index contributed by atoms with van der Waals surface area (Å²) < 4.78 is 32.0. The Hall–Kier alpha value is -2.87. The summed E-state index contributed by atoms with van der Waals surface area (Å²) in [6, 6.07) is 13.3. The monoisotopic (exact) mass is 388 g/mol. The number of fused-ring (bicyclic) bond motifs is 1. The molecule has 0 spiro atoms. The molecule has 2 aromatic carbocycles. The summed E-state index contributed by atoms with van der Waals surface area (Å²) in [5.74, 6) is -1.13. The number of nitrogens with zero attached hydrogens (tertiary/aromatic N) is 1. The van der Waals surface area contributed by atoms with Gasteiger partial charge in [0.1, 0.15) is 6.42 Å². The van der Waals surface area contributed by atoms with E-state index < -0.39 is 28.3 Å². The zero-order valence-electron chi connectivity index (χ0n) is 14.8. The topological polar surface area (TPSA) is 92.8 Å². The maximum absolute atomic E-state index is 12.9. The van der Waals surface area contributed by atoms with Gasteiger partial charge in [-0.05, 0) is 49.2 Å². The summed E-state index contributed by atoms with van der Waals surface area (Å²) in [4.78, 5) is 23.2. The van der Waals surface area contributed by atoms with Crippen LogP contribution in [0.3, 0.4) is 0 Å². The van der Waals surface area contributed by atoms with Crippen LogP contribution < -0.4 is 9.62 Å². The third-order valence-corrected chi connectivity index (χ3v) is 6.01. The molecule has 3 rings (SSSR count). The van der Waals surface area contributed by atoms with Crippen molar-refractivity contribution in [3.63, 3.8) is 0 Å². The Balaban J connectivity index is 1.72. The Morgan fingerprint density at radius 1 is 1.11 bits per heavy atom. The maximum atomic E-state index is 12.9. The molecule has 2 aromatic rings. The van der Waals surface area contributed by atoms with Crippen molar-refractivity contribution in [1.29, 1.82) is 0 Å². The number of hydrogen-bond donors (Lipinski definition) is 1. The highest BCUT2D eigenvalue weighted by molar-refractivity contribution is 7.92. The largest absolute Gasteiger partial charge is 0.466 e. The van der Waals surface area contributed by atoms with Crippen LogP contribution in [0.25, 0.3) is 0 Å². The lowest BCUT2D eigenvalue weighted by Crippen LogP contribution is -2.29. The van der Waals surface area contributed by atoms with Crippen LogP contribution in [-0.4, -0.2) is 33.4 Å². The first-order chi connectivity index (χ1) is 12.9. The normalized spacial score (nSPS) is 13.1. The Kier molecular flexibility index (Phi) is 5.46. The van der Waals surface area contributed by atoms with Gasteiger partial charge in [-0.25, -0.2) is 8.42 Å². The second kappa shape index (κ2) is 7.79. The van der Waals surface area contributed by atoms with E-state index in [4.69, 9.17) is 4.74 Å². The van der Waals surface area contributed by atoms with Gasteiger partial charge in [-0.2, -0.15) is 0 Å². The van der Waals surface area contributed by atoms with Crippen molar-refractivity contribution in [2.45, 2.75) is 24.7 Å². The number of hydrogen-bond acceptors (Lipinski definition) is 5. The van der Waals surface area contributed by atoms with Crippen LogP contribution in [0.2, 0.25) is 0 Å². The quantitative estimate of drug-likeness (QED) is 0.606. The third-order valence-electron chi connectivity index (χ3n) is 4.18. The van der Waals surface area contributed by atoms with Gasteiger partial charge < -0.3 is 10.1 Å². The molecule has 0 saturated heterocycles. The molecule has 0 unspecified atom stereocenters. The number of carbonyl (C=O) groups excluding carboxylic acids is 2. The van der Waals surface area contributed by atoms with E-state index in [2.05, 4.69) is 5.32 Å². The second-order valence-electron chi connectivity index (χ2n) is 6.01. The van der Waals surface area contributed by atoms with Crippen LogP contribution in [0.5, 0.6) is 0 Å². The highest BCUT2D eigenvalue weighted by atomic mass is 32.2. The number of nitrogens with one attached hydrogen (secondary N) is 1. The van der Waals surface area contributed by atoms with Crippen LogP contribution >= 0.6 is 0 Å². The van der Waals surface area contributed by atoms with Crippen LogP contribution in [0.15, 0.2) is 53.4 Å². The maximum Gasteiger partial charge on any atom is 0.315 e. The summed E-state index contributed by atoms with van der Waals surface area (Å²) in [5, 5.41) is 2.55. The lowest BCUT2D eigenvalue weighted by Gasteiger charge is -2.19. The highest BCUT2D eigenvalue weighted by Gasteiger charge is 2.30. The van der Waals surface area contributed by atoms with Crippen molar-refractivity contribution in [3.8, 4) is 0 Å².